The topological polar surface area (TPSA) is 43.1 Å². The van der Waals surface area contributed by atoms with Gasteiger partial charge in [-0.3, -0.25) is 4.21 Å². The molecular formula is C17H20FNOS. The van der Waals surface area contributed by atoms with Crippen LogP contribution >= 0.6 is 0 Å². The Bertz CT molecular complexity index is 639. The average Bonchev–Trinajstić information content (AvgIpc) is 2.37. The second-order valence-corrected chi connectivity index (χ2v) is 7.61. The van der Waals surface area contributed by atoms with Crippen LogP contribution < -0.4 is 5.73 Å². The lowest BCUT2D eigenvalue weighted by Crippen LogP contribution is -2.10. The predicted molar refractivity (Wildman–Crippen MR) is 86.1 cm³/mol. The SMILES string of the molecule is CC(C)(C)c1ccc(CS(=O)c2cc(N)cc(F)c2)cc1. The molecule has 2 rings (SSSR count). The Balaban J connectivity index is 2.16. The molecule has 1 unspecified atom stereocenters. The zero-order chi connectivity index (χ0) is 15.6. The zero-order valence-corrected chi connectivity index (χ0v) is 13.3. The zero-order valence-electron chi connectivity index (χ0n) is 12.5. The van der Waals surface area contributed by atoms with E-state index in [9.17, 15) is 8.60 Å². The van der Waals surface area contributed by atoms with Crippen molar-refractivity contribution in [2.45, 2.75) is 36.8 Å². The third-order valence-electron chi connectivity index (χ3n) is 3.27. The summed E-state index contributed by atoms with van der Waals surface area (Å²) >= 11 is 0. The maximum absolute atomic E-state index is 13.3. The first-order valence-electron chi connectivity index (χ1n) is 6.79. The van der Waals surface area contributed by atoms with Gasteiger partial charge in [-0.15, -0.1) is 0 Å². The summed E-state index contributed by atoms with van der Waals surface area (Å²) in [6.07, 6.45) is 0. The fraction of sp³-hybridized carbons (Fsp3) is 0.294. The van der Waals surface area contributed by atoms with E-state index in [0.29, 0.717) is 16.3 Å². The smallest absolute Gasteiger partial charge is 0.126 e. The molecule has 2 N–H and O–H groups in total. The van der Waals surface area contributed by atoms with Crippen LogP contribution in [0.4, 0.5) is 10.1 Å². The highest BCUT2D eigenvalue weighted by Crippen LogP contribution is 2.23. The van der Waals surface area contributed by atoms with Gasteiger partial charge in [0.2, 0.25) is 0 Å². The molecule has 0 heterocycles. The van der Waals surface area contributed by atoms with Crippen molar-refractivity contribution in [1.82, 2.24) is 0 Å². The van der Waals surface area contributed by atoms with E-state index in [1.165, 1.54) is 17.7 Å². The van der Waals surface area contributed by atoms with Gasteiger partial charge in [-0.1, -0.05) is 45.0 Å². The molecule has 4 heteroatoms. The largest absolute Gasteiger partial charge is 0.399 e. The summed E-state index contributed by atoms with van der Waals surface area (Å²) in [4.78, 5) is 0.424. The Morgan fingerprint density at radius 2 is 1.71 bits per heavy atom. The average molecular weight is 305 g/mol. The van der Waals surface area contributed by atoms with Crippen LogP contribution in [0.25, 0.3) is 0 Å². The molecule has 112 valence electrons. The summed E-state index contributed by atoms with van der Waals surface area (Å²) in [5.74, 6) is -0.103. The fourth-order valence-electron chi connectivity index (χ4n) is 2.05. The van der Waals surface area contributed by atoms with Crippen molar-refractivity contribution in [3.63, 3.8) is 0 Å². The molecule has 2 aromatic rings. The van der Waals surface area contributed by atoms with Gasteiger partial charge in [-0.2, -0.15) is 0 Å². The minimum atomic E-state index is -1.30. The van der Waals surface area contributed by atoms with E-state index in [1.54, 1.807) is 6.07 Å². The van der Waals surface area contributed by atoms with Crippen LogP contribution in [-0.4, -0.2) is 4.21 Å². The summed E-state index contributed by atoms with van der Waals surface area (Å²) in [6.45, 7) is 6.45. The van der Waals surface area contributed by atoms with Crippen molar-refractivity contribution in [2.24, 2.45) is 0 Å². The normalized spacial score (nSPS) is 13.1. The number of halogens is 1. The minimum absolute atomic E-state index is 0.0920. The Labute approximate surface area is 127 Å². The second kappa shape index (κ2) is 5.98. The van der Waals surface area contributed by atoms with Crippen molar-refractivity contribution in [1.29, 1.82) is 0 Å². The van der Waals surface area contributed by atoms with Gasteiger partial charge in [0.05, 0.1) is 16.6 Å². The van der Waals surface area contributed by atoms with Crippen LogP contribution in [0.3, 0.4) is 0 Å². The number of benzene rings is 2. The van der Waals surface area contributed by atoms with E-state index in [1.807, 2.05) is 24.3 Å². The molecule has 0 fully saturated rings. The highest BCUT2D eigenvalue weighted by Gasteiger charge is 2.13. The first-order valence-corrected chi connectivity index (χ1v) is 8.11. The quantitative estimate of drug-likeness (QED) is 0.871. The van der Waals surface area contributed by atoms with Gasteiger partial charge in [-0.25, -0.2) is 4.39 Å². The van der Waals surface area contributed by atoms with E-state index < -0.39 is 16.6 Å². The maximum atomic E-state index is 13.3. The van der Waals surface area contributed by atoms with E-state index in [0.717, 1.165) is 5.56 Å². The lowest BCUT2D eigenvalue weighted by Gasteiger charge is -2.19. The van der Waals surface area contributed by atoms with Crippen LogP contribution in [0, 0.1) is 5.82 Å². The Morgan fingerprint density at radius 3 is 2.24 bits per heavy atom. The third kappa shape index (κ3) is 4.14. The van der Waals surface area contributed by atoms with Crippen molar-refractivity contribution < 1.29 is 8.60 Å². The summed E-state index contributed by atoms with van der Waals surface area (Å²) in [6, 6.07) is 12.1. The molecule has 21 heavy (non-hydrogen) atoms. The number of nitrogens with two attached hydrogens (primary N) is 1. The van der Waals surface area contributed by atoms with E-state index >= 15 is 0 Å². The van der Waals surface area contributed by atoms with E-state index in [-0.39, 0.29) is 5.41 Å². The molecule has 0 aliphatic carbocycles. The van der Waals surface area contributed by atoms with Crippen LogP contribution in [0.15, 0.2) is 47.4 Å². The van der Waals surface area contributed by atoms with Gasteiger partial charge in [0.25, 0.3) is 0 Å². The minimum Gasteiger partial charge on any atom is -0.399 e. The molecule has 1 atom stereocenters. The van der Waals surface area contributed by atoms with Crippen LogP contribution in [0.5, 0.6) is 0 Å². The highest BCUT2D eigenvalue weighted by molar-refractivity contribution is 7.84. The Morgan fingerprint density at radius 1 is 1.10 bits per heavy atom. The van der Waals surface area contributed by atoms with Crippen molar-refractivity contribution >= 4 is 16.5 Å². The molecule has 0 aromatic heterocycles. The molecule has 0 saturated heterocycles. The first kappa shape index (κ1) is 15.7. The molecule has 2 nitrogen and oxygen atoms in total. The molecule has 0 amide bonds. The molecule has 0 bridgehead atoms. The Hall–Kier alpha value is -1.68. The summed E-state index contributed by atoms with van der Waals surface area (Å²) in [5, 5.41) is 0. The van der Waals surface area contributed by atoms with Gasteiger partial charge in [0.1, 0.15) is 5.82 Å². The standard InChI is InChI=1S/C17H20FNOS/c1-17(2,3)13-6-4-12(5-7-13)11-21(20)16-9-14(18)8-15(19)10-16/h4-10H,11,19H2,1-3H3. The van der Waals surface area contributed by atoms with Crippen LogP contribution in [0.1, 0.15) is 31.9 Å². The summed E-state index contributed by atoms with van der Waals surface area (Å²) in [5.41, 5.74) is 8.16. The third-order valence-corrected chi connectivity index (χ3v) is 4.63. The number of hydrogen-bond acceptors (Lipinski definition) is 2. The molecule has 0 aliphatic rings. The van der Waals surface area contributed by atoms with Gasteiger partial charge in [0, 0.05) is 10.6 Å². The van der Waals surface area contributed by atoms with E-state index in [2.05, 4.69) is 20.8 Å². The lowest BCUT2D eigenvalue weighted by atomic mass is 9.87. The van der Waals surface area contributed by atoms with Gasteiger partial charge < -0.3 is 5.73 Å². The monoisotopic (exact) mass is 305 g/mol. The Kier molecular flexibility index (Phi) is 4.47. The molecule has 2 aromatic carbocycles. The van der Waals surface area contributed by atoms with Gasteiger partial charge >= 0.3 is 0 Å². The number of hydrogen-bond donors (Lipinski definition) is 1. The van der Waals surface area contributed by atoms with Crippen molar-refractivity contribution in [2.75, 3.05) is 5.73 Å². The number of nitrogen functional groups attached to an aromatic ring is 1. The molecule has 0 aliphatic heterocycles. The number of rotatable bonds is 3. The molecule has 0 spiro atoms. The summed E-state index contributed by atoms with van der Waals surface area (Å²) < 4.78 is 25.6. The molecule has 0 saturated carbocycles. The fourth-order valence-corrected chi connectivity index (χ4v) is 3.22. The van der Waals surface area contributed by atoms with Crippen LogP contribution in [0.2, 0.25) is 0 Å². The van der Waals surface area contributed by atoms with E-state index in [4.69, 9.17) is 5.73 Å². The number of anilines is 1. The van der Waals surface area contributed by atoms with Crippen molar-refractivity contribution in [3.05, 3.63) is 59.4 Å². The van der Waals surface area contributed by atoms with Crippen LogP contribution in [-0.2, 0) is 22.0 Å². The molecule has 0 radical (unpaired) electrons. The maximum Gasteiger partial charge on any atom is 0.126 e. The summed E-state index contributed by atoms with van der Waals surface area (Å²) in [7, 11) is -1.30. The first-order chi connectivity index (χ1) is 9.75. The second-order valence-electron chi connectivity index (χ2n) is 6.16. The molecular weight excluding hydrogens is 285 g/mol. The predicted octanol–water partition coefficient (Wildman–Crippen LogP) is 4.01. The lowest BCUT2D eigenvalue weighted by molar-refractivity contribution is 0.590. The highest BCUT2D eigenvalue weighted by atomic mass is 32.2. The van der Waals surface area contributed by atoms with Gasteiger partial charge in [-0.05, 0) is 34.7 Å². The van der Waals surface area contributed by atoms with Crippen molar-refractivity contribution in [3.8, 4) is 0 Å². The van der Waals surface area contributed by atoms with Gasteiger partial charge in [0.15, 0.2) is 0 Å².